The molecule has 0 atom stereocenters. The van der Waals surface area contributed by atoms with E-state index in [1.807, 2.05) is 12.3 Å². The minimum absolute atomic E-state index is 0.727. The molecular formula is C24H34N6. The maximum absolute atomic E-state index is 4.82. The van der Waals surface area contributed by atoms with Crippen LogP contribution in [0.4, 0.5) is 11.8 Å². The van der Waals surface area contributed by atoms with Crippen molar-refractivity contribution >= 4 is 17.6 Å². The largest absolute Gasteiger partial charge is 0.341 e. The average molecular weight is 407 g/mol. The van der Waals surface area contributed by atoms with E-state index in [2.05, 4.69) is 39.2 Å². The van der Waals surface area contributed by atoms with Gasteiger partial charge in [-0.25, -0.2) is 4.98 Å². The van der Waals surface area contributed by atoms with Gasteiger partial charge in [0.25, 0.3) is 0 Å². The van der Waals surface area contributed by atoms with Crippen LogP contribution in [0.2, 0.25) is 0 Å². The zero-order chi connectivity index (χ0) is 20.3. The van der Waals surface area contributed by atoms with Crippen LogP contribution in [0.3, 0.4) is 0 Å². The van der Waals surface area contributed by atoms with Crippen molar-refractivity contribution in [1.29, 1.82) is 0 Å². The predicted octanol–water partition coefficient (Wildman–Crippen LogP) is 4.04. The number of aromatic nitrogens is 2. The lowest BCUT2D eigenvalue weighted by Gasteiger charge is -2.40. The van der Waals surface area contributed by atoms with Crippen molar-refractivity contribution < 1.29 is 0 Å². The summed E-state index contributed by atoms with van der Waals surface area (Å²) < 4.78 is 0. The highest BCUT2D eigenvalue weighted by atomic mass is 15.3. The number of aliphatic imine (C=N–C) groups is 1. The molecule has 4 aliphatic rings. The number of hydrogen-bond acceptors (Lipinski definition) is 6. The Bertz CT molecular complexity index is 839. The molecule has 0 bridgehead atoms. The van der Waals surface area contributed by atoms with Crippen molar-refractivity contribution in [3.63, 3.8) is 0 Å². The number of likely N-dealkylation sites (tertiary alicyclic amines) is 1. The number of hydrogen-bond donors (Lipinski definition) is 1. The van der Waals surface area contributed by atoms with Gasteiger partial charge >= 0.3 is 0 Å². The van der Waals surface area contributed by atoms with E-state index in [1.165, 1.54) is 69.2 Å². The Balaban J connectivity index is 1.21. The van der Waals surface area contributed by atoms with Crippen molar-refractivity contribution in [2.24, 2.45) is 10.9 Å². The lowest BCUT2D eigenvalue weighted by Crippen LogP contribution is -2.47. The summed E-state index contributed by atoms with van der Waals surface area (Å²) in [6.45, 7) is 7.54. The number of dihydropyridines is 1. The third-order valence-electron chi connectivity index (χ3n) is 7.00. The fourth-order valence-corrected chi connectivity index (χ4v) is 5.07. The molecule has 5 rings (SSSR count). The molecule has 3 aliphatic heterocycles. The van der Waals surface area contributed by atoms with E-state index in [4.69, 9.17) is 9.98 Å². The minimum Gasteiger partial charge on any atom is -0.341 e. The number of nitrogens with zero attached hydrogens (tertiary/aromatic N) is 5. The van der Waals surface area contributed by atoms with Gasteiger partial charge in [-0.15, -0.1) is 0 Å². The van der Waals surface area contributed by atoms with Gasteiger partial charge in [0.2, 0.25) is 5.95 Å². The predicted molar refractivity (Wildman–Crippen MR) is 123 cm³/mol. The standard InChI is InChI=1S/C24H34N6/c1-2-18-17-26-23(16-21(18)19-6-7-19)27-22-8-11-25-24(28-22)30-14-9-20(10-15-30)29-12-4-3-5-13-29/h2,8,11,16,19-20H,3-7,9-10,12-15,17H2,1H3,(H,25,26,27,28). The second-order valence-electron chi connectivity index (χ2n) is 9.07. The molecule has 0 aromatic carbocycles. The summed E-state index contributed by atoms with van der Waals surface area (Å²) in [7, 11) is 0. The Morgan fingerprint density at radius 1 is 1.03 bits per heavy atom. The number of nitrogens with one attached hydrogen (secondary N) is 1. The van der Waals surface area contributed by atoms with Gasteiger partial charge in [0, 0.05) is 25.3 Å². The van der Waals surface area contributed by atoms with Crippen molar-refractivity contribution in [3.05, 3.63) is 35.6 Å². The summed E-state index contributed by atoms with van der Waals surface area (Å²) in [6, 6.07) is 2.69. The van der Waals surface area contributed by atoms with E-state index in [0.717, 1.165) is 49.2 Å². The Morgan fingerprint density at radius 2 is 1.83 bits per heavy atom. The fourth-order valence-electron chi connectivity index (χ4n) is 5.07. The van der Waals surface area contributed by atoms with Crippen LogP contribution in [-0.2, 0) is 0 Å². The Hall–Kier alpha value is -2.21. The second-order valence-corrected chi connectivity index (χ2v) is 9.07. The normalized spacial score (nSPS) is 25.2. The highest BCUT2D eigenvalue weighted by molar-refractivity contribution is 6.05. The number of anilines is 2. The maximum atomic E-state index is 4.82. The smallest absolute Gasteiger partial charge is 0.227 e. The molecule has 1 aromatic rings. The van der Waals surface area contributed by atoms with E-state index < -0.39 is 0 Å². The van der Waals surface area contributed by atoms with Gasteiger partial charge in [0.1, 0.15) is 11.7 Å². The molecule has 0 radical (unpaired) electrons. The van der Waals surface area contributed by atoms with Gasteiger partial charge in [-0.1, -0.05) is 12.5 Å². The third kappa shape index (κ3) is 4.43. The van der Waals surface area contributed by atoms with Crippen molar-refractivity contribution in [2.75, 3.05) is 42.9 Å². The molecule has 6 nitrogen and oxygen atoms in total. The van der Waals surface area contributed by atoms with E-state index in [9.17, 15) is 0 Å². The molecule has 2 saturated heterocycles. The average Bonchev–Trinajstić information content (AvgIpc) is 3.65. The molecule has 1 aromatic heterocycles. The Morgan fingerprint density at radius 3 is 2.57 bits per heavy atom. The molecular weight excluding hydrogens is 372 g/mol. The first kappa shape index (κ1) is 19.7. The second kappa shape index (κ2) is 8.88. The molecule has 1 saturated carbocycles. The van der Waals surface area contributed by atoms with Crippen LogP contribution in [0.5, 0.6) is 0 Å². The number of piperidine rings is 2. The number of rotatable bonds is 4. The van der Waals surface area contributed by atoms with Crippen LogP contribution >= 0.6 is 0 Å². The molecule has 3 fully saturated rings. The van der Waals surface area contributed by atoms with Crippen LogP contribution in [-0.4, -0.2) is 59.5 Å². The van der Waals surface area contributed by atoms with Crippen molar-refractivity contribution in [2.45, 2.75) is 57.9 Å². The molecule has 160 valence electrons. The van der Waals surface area contributed by atoms with Crippen LogP contribution < -0.4 is 10.2 Å². The minimum atomic E-state index is 0.727. The Kier molecular flexibility index (Phi) is 5.84. The van der Waals surface area contributed by atoms with E-state index in [-0.39, 0.29) is 0 Å². The first-order valence-electron chi connectivity index (χ1n) is 11.8. The zero-order valence-electron chi connectivity index (χ0n) is 18.2. The summed E-state index contributed by atoms with van der Waals surface area (Å²) in [5.74, 6) is 3.34. The molecule has 6 heteroatoms. The summed E-state index contributed by atoms with van der Waals surface area (Å²) in [4.78, 5) is 19.2. The summed E-state index contributed by atoms with van der Waals surface area (Å²) in [6.07, 6.45) is 15.5. The van der Waals surface area contributed by atoms with Crippen LogP contribution in [0.25, 0.3) is 0 Å². The van der Waals surface area contributed by atoms with Gasteiger partial charge < -0.3 is 15.1 Å². The van der Waals surface area contributed by atoms with Gasteiger partial charge in [0.15, 0.2) is 0 Å². The topological polar surface area (TPSA) is 56.7 Å². The summed E-state index contributed by atoms with van der Waals surface area (Å²) >= 11 is 0. The lowest BCUT2D eigenvalue weighted by atomic mass is 9.98. The molecule has 0 spiro atoms. The lowest BCUT2D eigenvalue weighted by molar-refractivity contribution is 0.141. The molecule has 1 aliphatic carbocycles. The maximum Gasteiger partial charge on any atom is 0.227 e. The number of allylic oxidation sites excluding steroid dienone is 1. The SMILES string of the molecule is CC=C1CN=C(Nc2ccnc(N3CCC(N4CCCCC4)CC3)n2)C=C1C1CC1. The van der Waals surface area contributed by atoms with Gasteiger partial charge in [-0.2, -0.15) is 4.98 Å². The number of amidine groups is 1. The van der Waals surface area contributed by atoms with E-state index in [0.29, 0.717) is 0 Å². The van der Waals surface area contributed by atoms with Gasteiger partial charge in [0.05, 0.1) is 6.54 Å². The Labute approximate surface area is 180 Å². The van der Waals surface area contributed by atoms with Crippen LogP contribution in [0.1, 0.15) is 51.9 Å². The third-order valence-corrected chi connectivity index (χ3v) is 7.00. The zero-order valence-corrected chi connectivity index (χ0v) is 18.2. The quantitative estimate of drug-likeness (QED) is 0.818. The van der Waals surface area contributed by atoms with Crippen LogP contribution in [0.15, 0.2) is 40.6 Å². The van der Waals surface area contributed by atoms with Gasteiger partial charge in [-0.3, -0.25) is 4.99 Å². The highest BCUT2D eigenvalue weighted by Gasteiger charge is 2.30. The molecule has 1 N–H and O–H groups in total. The van der Waals surface area contributed by atoms with Crippen LogP contribution in [0, 0.1) is 5.92 Å². The fraction of sp³-hybridized carbons (Fsp3) is 0.625. The van der Waals surface area contributed by atoms with E-state index >= 15 is 0 Å². The van der Waals surface area contributed by atoms with Crippen molar-refractivity contribution in [3.8, 4) is 0 Å². The first-order valence-corrected chi connectivity index (χ1v) is 11.8. The van der Waals surface area contributed by atoms with Gasteiger partial charge in [-0.05, 0) is 87.7 Å². The molecule has 0 unspecified atom stereocenters. The summed E-state index contributed by atoms with van der Waals surface area (Å²) in [5.41, 5.74) is 2.84. The highest BCUT2D eigenvalue weighted by Crippen LogP contribution is 2.41. The molecule has 0 amide bonds. The molecule has 4 heterocycles. The monoisotopic (exact) mass is 406 g/mol. The van der Waals surface area contributed by atoms with Crippen molar-refractivity contribution in [1.82, 2.24) is 14.9 Å². The summed E-state index contributed by atoms with van der Waals surface area (Å²) in [5, 5.41) is 3.44. The first-order chi connectivity index (χ1) is 14.8. The van der Waals surface area contributed by atoms with E-state index in [1.54, 1.807) is 0 Å². The molecule has 30 heavy (non-hydrogen) atoms.